The Morgan fingerprint density at radius 1 is 0.943 bits per heavy atom. The number of hydrogen-bond donors (Lipinski definition) is 0. The highest BCUT2D eigenvalue weighted by molar-refractivity contribution is 7.89. The van der Waals surface area contributed by atoms with Gasteiger partial charge < -0.3 is 0 Å². The lowest BCUT2D eigenvalue weighted by molar-refractivity contribution is 0.0616. The maximum Gasteiger partial charge on any atom is 0.261 e. The third kappa shape index (κ3) is 3.32. The minimum atomic E-state index is -4.04. The maximum absolute atomic E-state index is 14.2. The van der Waals surface area contributed by atoms with E-state index in [0.717, 1.165) is 27.8 Å². The molecule has 0 N–H and O–H groups in total. The Hall–Kier alpha value is -3.47. The summed E-state index contributed by atoms with van der Waals surface area (Å²) in [5, 5.41) is 0. The van der Waals surface area contributed by atoms with Crippen LogP contribution in [0.5, 0.6) is 0 Å². The van der Waals surface area contributed by atoms with Crippen LogP contribution in [0.4, 0.5) is 0 Å². The number of benzene rings is 3. The predicted molar refractivity (Wildman–Crippen MR) is 131 cm³/mol. The standard InChI is InChI=1S/C25H20N4O4S2/c1-15-10-11-20-22(27-34-26-20)23(15)35(32,33)29-13-12-16-6-2-3-7-17(16)21(29)14-28-24(30)18-8-4-5-9-19(18)25(28)31/h2-11,21H,12-14H2,1H3. The van der Waals surface area contributed by atoms with Gasteiger partial charge in [0, 0.05) is 6.54 Å². The molecule has 1 unspecified atom stereocenters. The molecule has 2 aliphatic heterocycles. The average molecular weight is 505 g/mol. The number of hydrogen-bond acceptors (Lipinski definition) is 7. The van der Waals surface area contributed by atoms with Crippen molar-refractivity contribution in [3.05, 3.63) is 88.5 Å². The Morgan fingerprint density at radius 3 is 2.37 bits per heavy atom. The molecule has 0 saturated carbocycles. The number of aromatic nitrogens is 2. The van der Waals surface area contributed by atoms with Gasteiger partial charge in [-0.15, -0.1) is 0 Å². The molecule has 0 spiro atoms. The summed E-state index contributed by atoms with van der Waals surface area (Å²) < 4.78 is 38.2. The highest BCUT2D eigenvalue weighted by Gasteiger charge is 2.43. The summed E-state index contributed by atoms with van der Waals surface area (Å²) in [6.07, 6.45) is 0.526. The van der Waals surface area contributed by atoms with Crippen molar-refractivity contribution >= 4 is 44.6 Å². The highest BCUT2D eigenvalue weighted by atomic mass is 32.2. The van der Waals surface area contributed by atoms with Crippen LogP contribution < -0.4 is 0 Å². The topological polar surface area (TPSA) is 101 Å². The molecule has 8 nitrogen and oxygen atoms in total. The van der Waals surface area contributed by atoms with Crippen molar-refractivity contribution in [2.45, 2.75) is 24.3 Å². The van der Waals surface area contributed by atoms with Gasteiger partial charge in [0.05, 0.1) is 35.4 Å². The molecule has 0 saturated heterocycles. The van der Waals surface area contributed by atoms with Crippen LogP contribution in [0.25, 0.3) is 11.0 Å². The Morgan fingerprint density at radius 2 is 1.63 bits per heavy atom. The van der Waals surface area contributed by atoms with Crippen molar-refractivity contribution in [1.82, 2.24) is 18.0 Å². The van der Waals surface area contributed by atoms with Crippen LogP contribution in [-0.2, 0) is 16.4 Å². The average Bonchev–Trinajstić information content (AvgIpc) is 3.42. The molecule has 4 aromatic rings. The van der Waals surface area contributed by atoms with Crippen LogP contribution in [-0.4, -0.2) is 51.3 Å². The molecule has 6 rings (SSSR count). The van der Waals surface area contributed by atoms with Crippen LogP contribution in [0.1, 0.15) is 43.4 Å². The van der Waals surface area contributed by atoms with E-state index in [2.05, 4.69) is 8.75 Å². The predicted octanol–water partition coefficient (Wildman–Crippen LogP) is 3.58. The first-order chi connectivity index (χ1) is 16.9. The van der Waals surface area contributed by atoms with Gasteiger partial charge in [-0.05, 0) is 48.2 Å². The van der Waals surface area contributed by atoms with Crippen LogP contribution in [0, 0.1) is 6.92 Å². The van der Waals surface area contributed by atoms with E-state index in [-0.39, 0.29) is 18.0 Å². The van der Waals surface area contributed by atoms with Crippen LogP contribution >= 0.6 is 11.7 Å². The van der Waals surface area contributed by atoms with Crippen LogP contribution in [0.3, 0.4) is 0 Å². The zero-order valence-corrected chi connectivity index (χ0v) is 20.3. The zero-order chi connectivity index (χ0) is 24.3. The fraction of sp³-hybridized carbons (Fsp3) is 0.200. The molecule has 2 aliphatic rings. The van der Waals surface area contributed by atoms with Crippen molar-refractivity contribution in [2.24, 2.45) is 0 Å². The number of nitrogens with zero attached hydrogens (tertiary/aromatic N) is 4. The van der Waals surface area contributed by atoms with Crippen LogP contribution in [0.2, 0.25) is 0 Å². The number of amides is 2. The summed E-state index contributed by atoms with van der Waals surface area (Å²) in [5.74, 6) is -0.819. The van der Waals surface area contributed by atoms with Gasteiger partial charge in [-0.25, -0.2) is 8.42 Å². The molecular formula is C25H20N4O4S2. The number of imide groups is 1. The molecule has 176 valence electrons. The first-order valence-corrected chi connectivity index (χ1v) is 13.3. The summed E-state index contributed by atoms with van der Waals surface area (Å²) in [6.45, 7) is 1.89. The van der Waals surface area contributed by atoms with Crippen molar-refractivity contribution in [2.75, 3.05) is 13.1 Å². The van der Waals surface area contributed by atoms with E-state index in [1.807, 2.05) is 24.3 Å². The monoisotopic (exact) mass is 504 g/mol. The Kier molecular flexibility index (Phi) is 5.06. The first kappa shape index (κ1) is 22.0. The normalized spacial score (nSPS) is 18.2. The summed E-state index contributed by atoms with van der Waals surface area (Å²) in [7, 11) is -4.04. The smallest absolute Gasteiger partial charge is 0.261 e. The number of rotatable bonds is 4. The van der Waals surface area contributed by atoms with E-state index in [9.17, 15) is 18.0 Å². The van der Waals surface area contributed by atoms with Crippen molar-refractivity contribution in [3.8, 4) is 0 Å². The number of sulfonamides is 1. The van der Waals surface area contributed by atoms with Gasteiger partial charge in [-0.2, -0.15) is 13.1 Å². The Labute approximate surface area is 206 Å². The SMILES string of the molecule is Cc1ccc2nsnc2c1S(=O)(=O)N1CCc2ccccc2C1CN1C(=O)c2ccccc2C1=O. The van der Waals surface area contributed by atoms with Gasteiger partial charge >= 0.3 is 0 Å². The van der Waals surface area contributed by atoms with Gasteiger partial charge in [0.1, 0.15) is 15.9 Å². The molecule has 0 radical (unpaired) electrons. The molecule has 2 amide bonds. The molecule has 1 aromatic heterocycles. The van der Waals surface area contributed by atoms with Crippen molar-refractivity contribution in [3.63, 3.8) is 0 Å². The lowest BCUT2D eigenvalue weighted by Crippen LogP contribution is -2.46. The van der Waals surface area contributed by atoms with E-state index in [0.29, 0.717) is 34.1 Å². The molecule has 1 atom stereocenters. The first-order valence-electron chi connectivity index (χ1n) is 11.1. The molecule has 10 heteroatoms. The van der Waals surface area contributed by atoms with Gasteiger partial charge in [0.25, 0.3) is 11.8 Å². The van der Waals surface area contributed by atoms with Crippen LogP contribution in [0.15, 0.2) is 65.6 Å². The highest BCUT2D eigenvalue weighted by Crippen LogP contribution is 2.38. The lowest BCUT2D eigenvalue weighted by atomic mass is 9.94. The number of carbonyl (C=O) groups excluding carboxylic acids is 2. The van der Waals surface area contributed by atoms with Gasteiger partial charge in [0.15, 0.2) is 0 Å². The maximum atomic E-state index is 14.2. The Bertz CT molecular complexity index is 1590. The second-order valence-electron chi connectivity index (χ2n) is 8.69. The largest absolute Gasteiger partial charge is 0.272 e. The van der Waals surface area contributed by atoms with E-state index in [4.69, 9.17) is 0 Å². The van der Waals surface area contributed by atoms with Crippen molar-refractivity contribution < 1.29 is 18.0 Å². The molecule has 35 heavy (non-hydrogen) atoms. The molecule has 0 bridgehead atoms. The molecule has 0 fully saturated rings. The van der Waals surface area contributed by atoms with Gasteiger partial charge in [-0.3, -0.25) is 14.5 Å². The molecule has 3 aromatic carbocycles. The summed E-state index contributed by atoms with van der Waals surface area (Å²) >= 11 is 0.967. The van der Waals surface area contributed by atoms with Crippen molar-refractivity contribution in [1.29, 1.82) is 0 Å². The molecule has 3 heterocycles. The Balaban J connectivity index is 1.47. The second-order valence-corrected chi connectivity index (χ2v) is 11.0. The minimum Gasteiger partial charge on any atom is -0.272 e. The quantitative estimate of drug-likeness (QED) is 0.394. The summed E-state index contributed by atoms with van der Waals surface area (Å²) in [5.41, 5.74) is 3.91. The third-order valence-electron chi connectivity index (χ3n) is 6.74. The number of aryl methyl sites for hydroxylation is 1. The van der Waals surface area contributed by atoms with Gasteiger partial charge in [-0.1, -0.05) is 42.5 Å². The fourth-order valence-corrected chi connectivity index (χ4v) is 7.61. The minimum absolute atomic E-state index is 0.0765. The molecule has 0 aliphatic carbocycles. The van der Waals surface area contributed by atoms with E-state index in [1.54, 1.807) is 43.3 Å². The van der Waals surface area contributed by atoms with Gasteiger partial charge in [0.2, 0.25) is 10.0 Å². The molecular weight excluding hydrogens is 484 g/mol. The zero-order valence-electron chi connectivity index (χ0n) is 18.7. The van der Waals surface area contributed by atoms with E-state index < -0.39 is 27.9 Å². The fourth-order valence-electron chi connectivity index (χ4n) is 5.06. The second kappa shape index (κ2) is 8.04. The third-order valence-corrected chi connectivity index (χ3v) is 9.37. The van der Waals surface area contributed by atoms with E-state index >= 15 is 0 Å². The number of fused-ring (bicyclic) bond motifs is 3. The summed E-state index contributed by atoms with van der Waals surface area (Å²) in [4.78, 5) is 27.6. The van der Waals surface area contributed by atoms with E-state index in [1.165, 1.54) is 4.31 Å². The summed E-state index contributed by atoms with van der Waals surface area (Å²) in [6, 6.07) is 17.0. The number of carbonyl (C=O) groups is 2. The lowest BCUT2D eigenvalue weighted by Gasteiger charge is -2.38.